The van der Waals surface area contributed by atoms with Crippen LogP contribution in [-0.4, -0.2) is 9.78 Å². The average Bonchev–Trinajstić information content (AvgIpc) is 2.63. The van der Waals surface area contributed by atoms with Crippen molar-refractivity contribution in [2.75, 3.05) is 0 Å². The summed E-state index contributed by atoms with van der Waals surface area (Å²) in [5, 5.41) is 4.72. The van der Waals surface area contributed by atoms with Crippen molar-refractivity contribution in [2.45, 2.75) is 43.9 Å². The van der Waals surface area contributed by atoms with E-state index in [0.29, 0.717) is 5.41 Å². The first kappa shape index (κ1) is 9.26. The molecule has 4 aliphatic carbocycles. The summed E-state index contributed by atoms with van der Waals surface area (Å²) in [5.74, 6) is 3.06. The van der Waals surface area contributed by atoms with Gasteiger partial charge in [0.2, 0.25) is 0 Å². The van der Waals surface area contributed by atoms with Gasteiger partial charge in [-0.2, -0.15) is 5.10 Å². The quantitative estimate of drug-likeness (QED) is 0.708. The highest BCUT2D eigenvalue weighted by Gasteiger charge is 2.52. The normalized spacial score (nSPS) is 45.2. The van der Waals surface area contributed by atoms with Gasteiger partial charge in [0.1, 0.15) is 0 Å². The zero-order chi connectivity index (χ0) is 10.8. The fourth-order valence-corrected chi connectivity index (χ4v) is 5.12. The Morgan fingerprint density at radius 1 is 1.12 bits per heavy atom. The fraction of sp³-hybridized carbons (Fsp3) is 0.786. The van der Waals surface area contributed by atoms with E-state index < -0.39 is 0 Å². The number of aromatic nitrogens is 2. The molecule has 0 aromatic carbocycles. The van der Waals surface area contributed by atoms with Gasteiger partial charge in [-0.15, -0.1) is 0 Å². The molecule has 0 saturated heterocycles. The number of rotatable bonds is 1. The van der Waals surface area contributed by atoms with Gasteiger partial charge >= 0.3 is 0 Å². The molecule has 0 unspecified atom stereocenters. The van der Waals surface area contributed by atoms with Crippen LogP contribution in [0.5, 0.6) is 0 Å². The molecule has 5 rings (SSSR count). The maximum Gasteiger partial charge on any atom is 0.0686 e. The fourth-order valence-electron chi connectivity index (χ4n) is 5.12. The summed E-state index contributed by atoms with van der Waals surface area (Å²) in [4.78, 5) is 0. The third-order valence-electron chi connectivity index (χ3n) is 5.30. The summed E-state index contributed by atoms with van der Waals surface area (Å²) in [5.41, 5.74) is 1.88. The Kier molecular flexibility index (Phi) is 1.68. The van der Waals surface area contributed by atoms with Crippen molar-refractivity contribution in [1.29, 1.82) is 0 Å². The first-order valence-corrected chi connectivity index (χ1v) is 6.74. The van der Waals surface area contributed by atoms with Crippen LogP contribution in [0.1, 0.15) is 44.2 Å². The van der Waals surface area contributed by atoms with Crippen molar-refractivity contribution < 1.29 is 0 Å². The minimum Gasteiger partial charge on any atom is -0.276 e. The lowest BCUT2D eigenvalue weighted by atomic mass is 9.49. The lowest BCUT2D eigenvalue weighted by Gasteiger charge is -2.56. The van der Waals surface area contributed by atoms with Gasteiger partial charge in [-0.25, -0.2) is 0 Å². The van der Waals surface area contributed by atoms with Crippen LogP contribution in [0.3, 0.4) is 0 Å². The molecule has 1 aromatic heterocycles. The molecule has 0 atom stereocenters. The Bertz CT molecular complexity index is 383. The second-order valence-corrected chi connectivity index (χ2v) is 6.57. The minimum atomic E-state index is 0.482. The van der Waals surface area contributed by atoms with Crippen LogP contribution in [0.2, 0.25) is 0 Å². The lowest BCUT2D eigenvalue weighted by Crippen LogP contribution is -2.48. The van der Waals surface area contributed by atoms with Crippen LogP contribution in [-0.2, 0) is 12.5 Å². The summed E-state index contributed by atoms with van der Waals surface area (Å²) in [6.45, 7) is 0. The summed E-state index contributed by atoms with van der Waals surface area (Å²) in [6.07, 6.45) is 11.0. The second-order valence-electron chi connectivity index (χ2n) is 6.57. The zero-order valence-electron chi connectivity index (χ0n) is 10.0. The summed E-state index contributed by atoms with van der Waals surface area (Å²) in [6, 6.07) is 2.27. The van der Waals surface area contributed by atoms with Crippen LogP contribution in [0.4, 0.5) is 0 Å². The number of hydrogen-bond acceptors (Lipinski definition) is 1. The maximum atomic E-state index is 4.72. The van der Waals surface area contributed by atoms with Crippen LogP contribution in [0.25, 0.3) is 0 Å². The Hall–Kier alpha value is -0.790. The van der Waals surface area contributed by atoms with Crippen molar-refractivity contribution in [2.24, 2.45) is 24.8 Å². The highest BCUT2D eigenvalue weighted by atomic mass is 16.1. The smallest absolute Gasteiger partial charge is 0.0686 e. The molecule has 2 heteroatoms. The standard InChI is InChI=1S/C14H20N2/c1-16-3-2-13(15-16)14-7-10-4-11(8-14)6-12(5-10)9-14/h2-3,10-12H,4-9H2,1H3/i15+1,16+1. The van der Waals surface area contributed by atoms with Gasteiger partial charge in [0, 0.05) is 18.7 Å². The van der Waals surface area contributed by atoms with Crippen LogP contribution in [0, 0.1) is 17.8 Å². The van der Waals surface area contributed by atoms with Gasteiger partial charge < -0.3 is 0 Å². The molecule has 4 saturated carbocycles. The van der Waals surface area contributed by atoms with Crippen molar-refractivity contribution in [3.05, 3.63) is 18.0 Å². The highest BCUT2D eigenvalue weighted by Crippen LogP contribution is 2.60. The molecular formula is C14H20N2. The third-order valence-corrected chi connectivity index (χ3v) is 5.30. The predicted octanol–water partition coefficient (Wildman–Crippen LogP) is 2.89. The van der Waals surface area contributed by atoms with Gasteiger partial charge in [-0.1, -0.05) is 0 Å². The SMILES string of the molecule is C[15n]1ccc(C23CC4CC(CC(C4)C2)C3)[15n]1. The van der Waals surface area contributed by atoms with E-state index in [2.05, 4.69) is 12.3 Å². The summed E-state index contributed by atoms with van der Waals surface area (Å²) >= 11 is 0. The van der Waals surface area contributed by atoms with Gasteiger partial charge in [0.05, 0.1) is 5.69 Å². The first-order chi connectivity index (χ1) is 7.73. The molecule has 86 valence electrons. The highest BCUT2D eigenvalue weighted by molar-refractivity contribution is 5.21. The topological polar surface area (TPSA) is 17.8 Å². The monoisotopic (exact) mass is 218 g/mol. The molecule has 0 spiro atoms. The van der Waals surface area contributed by atoms with Gasteiger partial charge in [0.25, 0.3) is 0 Å². The number of aryl methyl sites for hydroxylation is 1. The molecule has 2 nitrogen and oxygen atoms in total. The Morgan fingerprint density at radius 3 is 2.12 bits per heavy atom. The Morgan fingerprint density at radius 2 is 1.69 bits per heavy atom. The van der Waals surface area contributed by atoms with Crippen molar-refractivity contribution in [1.82, 2.24) is 9.78 Å². The molecule has 1 aromatic rings. The molecule has 1 heterocycles. The van der Waals surface area contributed by atoms with E-state index in [1.54, 1.807) is 0 Å². The van der Waals surface area contributed by atoms with Crippen molar-refractivity contribution in [3.8, 4) is 0 Å². The first-order valence-electron chi connectivity index (χ1n) is 6.74. The number of hydrogen-bond donors (Lipinski definition) is 0. The largest absolute Gasteiger partial charge is 0.276 e. The Labute approximate surface area is 97.0 Å². The molecule has 4 fully saturated rings. The second kappa shape index (κ2) is 2.91. The molecule has 0 aliphatic heterocycles. The average molecular weight is 218 g/mol. The van der Waals surface area contributed by atoms with Gasteiger partial charge in [-0.05, 0) is 62.3 Å². The van der Waals surface area contributed by atoms with Crippen LogP contribution >= 0.6 is 0 Å². The number of nitrogens with zero attached hydrogens (tertiary/aromatic N) is 2. The van der Waals surface area contributed by atoms with Crippen molar-refractivity contribution in [3.63, 3.8) is 0 Å². The van der Waals surface area contributed by atoms with E-state index in [1.807, 2.05) is 11.7 Å². The molecule has 4 bridgehead atoms. The lowest BCUT2D eigenvalue weighted by molar-refractivity contribution is -0.00742. The minimum absolute atomic E-state index is 0.482. The van der Waals surface area contributed by atoms with E-state index in [0.717, 1.165) is 17.8 Å². The Balaban J connectivity index is 1.76. The molecule has 0 amide bonds. The molecule has 0 radical (unpaired) electrons. The van der Waals surface area contributed by atoms with Crippen LogP contribution < -0.4 is 0 Å². The predicted molar refractivity (Wildman–Crippen MR) is 63.1 cm³/mol. The van der Waals surface area contributed by atoms with E-state index in [9.17, 15) is 0 Å². The van der Waals surface area contributed by atoms with E-state index in [1.165, 1.54) is 44.2 Å². The van der Waals surface area contributed by atoms with E-state index in [-0.39, 0.29) is 0 Å². The van der Waals surface area contributed by atoms with Crippen LogP contribution in [0.15, 0.2) is 12.3 Å². The molecule has 4 aliphatic rings. The molecule has 0 N–H and O–H groups in total. The van der Waals surface area contributed by atoms with Gasteiger partial charge in [-0.3, -0.25) is 4.68 Å². The zero-order valence-corrected chi connectivity index (χ0v) is 10.0. The van der Waals surface area contributed by atoms with Gasteiger partial charge in [0.15, 0.2) is 0 Å². The maximum absolute atomic E-state index is 4.72. The third kappa shape index (κ3) is 1.16. The van der Waals surface area contributed by atoms with Crippen molar-refractivity contribution >= 4 is 0 Å². The summed E-state index contributed by atoms with van der Waals surface area (Å²) < 4.78 is 1.98. The van der Waals surface area contributed by atoms with E-state index in [4.69, 9.17) is 5.10 Å². The van der Waals surface area contributed by atoms with E-state index >= 15 is 0 Å². The molecular weight excluding hydrogens is 198 g/mol. The molecule has 16 heavy (non-hydrogen) atoms. The summed E-state index contributed by atoms with van der Waals surface area (Å²) in [7, 11) is 2.05.